The van der Waals surface area contributed by atoms with Gasteiger partial charge in [0.2, 0.25) is 5.82 Å². The third-order valence-electron chi connectivity index (χ3n) is 4.48. The van der Waals surface area contributed by atoms with Crippen molar-refractivity contribution in [2.75, 3.05) is 12.4 Å². The van der Waals surface area contributed by atoms with Gasteiger partial charge in [-0.05, 0) is 24.3 Å². The molecule has 0 bridgehead atoms. The molecule has 4 aromatic rings. The molecular formula is C23H18F2N4O3. The molecule has 0 aliphatic rings. The van der Waals surface area contributed by atoms with Crippen molar-refractivity contribution in [3.05, 3.63) is 84.7 Å². The molecule has 0 saturated carbocycles. The standard InChI is InChI=1S/C23H18F2N4O3/c1-31-18-13-12-16(14-19(18)32-23(24)25)26-22(30)20-27-21(15-8-4-2-5-9-15)29(28-20)17-10-6-3-7-11-17/h2-14,23H,1H3,(H,26,30). The third-order valence-corrected chi connectivity index (χ3v) is 4.48. The zero-order chi connectivity index (χ0) is 22.5. The van der Waals surface area contributed by atoms with Crippen molar-refractivity contribution < 1.29 is 23.0 Å². The summed E-state index contributed by atoms with van der Waals surface area (Å²) in [5.74, 6) is -0.294. The van der Waals surface area contributed by atoms with Crippen LogP contribution in [0.25, 0.3) is 17.1 Å². The molecule has 0 saturated heterocycles. The van der Waals surface area contributed by atoms with Crippen LogP contribution < -0.4 is 14.8 Å². The number of hydrogen-bond acceptors (Lipinski definition) is 5. The van der Waals surface area contributed by atoms with E-state index in [2.05, 4.69) is 20.1 Å². The van der Waals surface area contributed by atoms with Crippen molar-refractivity contribution in [1.82, 2.24) is 14.8 Å². The Hall–Kier alpha value is -4.27. The van der Waals surface area contributed by atoms with E-state index in [0.717, 1.165) is 11.3 Å². The van der Waals surface area contributed by atoms with Gasteiger partial charge in [0.1, 0.15) is 0 Å². The van der Waals surface area contributed by atoms with Crippen LogP contribution in [0, 0.1) is 0 Å². The summed E-state index contributed by atoms with van der Waals surface area (Å²) in [6.07, 6.45) is 0. The van der Waals surface area contributed by atoms with Crippen molar-refractivity contribution in [3.8, 4) is 28.6 Å². The Morgan fingerprint density at radius 1 is 0.969 bits per heavy atom. The van der Waals surface area contributed by atoms with E-state index in [-0.39, 0.29) is 23.0 Å². The van der Waals surface area contributed by atoms with Crippen LogP contribution in [0.3, 0.4) is 0 Å². The molecule has 0 unspecified atom stereocenters. The minimum atomic E-state index is -3.04. The lowest BCUT2D eigenvalue weighted by Gasteiger charge is -2.11. The number of amides is 1. The molecule has 9 heteroatoms. The Bertz CT molecular complexity index is 1160. The molecule has 0 atom stereocenters. The number of aromatic nitrogens is 3. The number of halogens is 2. The van der Waals surface area contributed by atoms with Gasteiger partial charge in [-0.3, -0.25) is 4.79 Å². The van der Waals surface area contributed by atoms with Gasteiger partial charge < -0.3 is 14.8 Å². The van der Waals surface area contributed by atoms with Crippen molar-refractivity contribution in [2.45, 2.75) is 6.61 Å². The Kier molecular flexibility index (Phi) is 6.07. The normalized spacial score (nSPS) is 10.8. The monoisotopic (exact) mass is 436 g/mol. The second-order valence-electron chi connectivity index (χ2n) is 6.57. The number of methoxy groups -OCH3 is 1. The first-order valence-electron chi connectivity index (χ1n) is 9.57. The number of para-hydroxylation sites is 1. The van der Waals surface area contributed by atoms with E-state index in [1.165, 1.54) is 25.3 Å². The number of alkyl halides is 2. The van der Waals surface area contributed by atoms with Crippen molar-refractivity contribution in [2.24, 2.45) is 0 Å². The number of ether oxygens (including phenoxy) is 2. The summed E-state index contributed by atoms with van der Waals surface area (Å²) in [4.78, 5) is 17.3. The van der Waals surface area contributed by atoms with Crippen LogP contribution in [0.2, 0.25) is 0 Å². The molecule has 32 heavy (non-hydrogen) atoms. The second kappa shape index (κ2) is 9.25. The lowest BCUT2D eigenvalue weighted by Crippen LogP contribution is -2.14. The zero-order valence-electron chi connectivity index (χ0n) is 16.9. The highest BCUT2D eigenvalue weighted by atomic mass is 19.3. The van der Waals surface area contributed by atoms with Crippen LogP contribution >= 0.6 is 0 Å². The predicted molar refractivity (Wildman–Crippen MR) is 114 cm³/mol. The Morgan fingerprint density at radius 3 is 2.31 bits per heavy atom. The predicted octanol–water partition coefficient (Wildman–Crippen LogP) is 4.80. The molecule has 0 spiro atoms. The van der Waals surface area contributed by atoms with E-state index in [9.17, 15) is 13.6 Å². The van der Waals surface area contributed by atoms with Gasteiger partial charge in [0.05, 0.1) is 12.8 Å². The molecule has 1 N–H and O–H groups in total. The summed E-state index contributed by atoms with van der Waals surface area (Å²) < 4.78 is 36.4. The van der Waals surface area contributed by atoms with Crippen molar-refractivity contribution >= 4 is 11.6 Å². The molecule has 7 nitrogen and oxygen atoms in total. The van der Waals surface area contributed by atoms with Crippen molar-refractivity contribution in [1.29, 1.82) is 0 Å². The summed E-state index contributed by atoms with van der Waals surface area (Å²) >= 11 is 0. The fourth-order valence-corrected chi connectivity index (χ4v) is 3.06. The molecule has 1 aromatic heterocycles. The molecule has 0 radical (unpaired) electrons. The highest BCUT2D eigenvalue weighted by Gasteiger charge is 2.20. The van der Waals surface area contributed by atoms with Gasteiger partial charge in [-0.1, -0.05) is 48.5 Å². The number of hydrogen-bond donors (Lipinski definition) is 1. The van der Waals surface area contributed by atoms with E-state index >= 15 is 0 Å². The molecule has 1 heterocycles. The van der Waals surface area contributed by atoms with Gasteiger partial charge in [-0.15, -0.1) is 5.10 Å². The summed E-state index contributed by atoms with van der Waals surface area (Å²) in [5, 5.41) is 6.98. The Labute approximate surface area is 182 Å². The first-order valence-corrected chi connectivity index (χ1v) is 9.57. The Balaban J connectivity index is 1.67. The quantitative estimate of drug-likeness (QED) is 0.450. The smallest absolute Gasteiger partial charge is 0.387 e. The first-order chi connectivity index (χ1) is 15.5. The first kappa shape index (κ1) is 21.0. The van der Waals surface area contributed by atoms with E-state index in [4.69, 9.17) is 4.74 Å². The lowest BCUT2D eigenvalue weighted by molar-refractivity contribution is -0.0511. The van der Waals surface area contributed by atoms with Crippen LogP contribution in [0.15, 0.2) is 78.9 Å². The van der Waals surface area contributed by atoms with Crippen LogP contribution in [0.1, 0.15) is 10.6 Å². The molecule has 0 aliphatic heterocycles. The van der Waals surface area contributed by atoms with Gasteiger partial charge in [0.15, 0.2) is 17.3 Å². The number of carbonyl (C=O) groups excluding carboxylic acids is 1. The summed E-state index contributed by atoms with van der Waals surface area (Å²) in [5.41, 5.74) is 1.73. The number of nitrogens with zero attached hydrogens (tertiary/aromatic N) is 3. The fraction of sp³-hybridized carbons (Fsp3) is 0.0870. The van der Waals surface area contributed by atoms with Gasteiger partial charge in [-0.2, -0.15) is 8.78 Å². The maximum atomic E-state index is 12.9. The highest BCUT2D eigenvalue weighted by Crippen LogP contribution is 2.31. The SMILES string of the molecule is COc1ccc(NC(=O)c2nc(-c3ccccc3)n(-c3ccccc3)n2)cc1OC(F)F. The van der Waals surface area contributed by atoms with E-state index in [1.807, 2.05) is 60.7 Å². The Morgan fingerprint density at radius 2 is 1.66 bits per heavy atom. The van der Waals surface area contributed by atoms with Gasteiger partial charge in [-0.25, -0.2) is 9.67 Å². The van der Waals surface area contributed by atoms with Gasteiger partial charge >= 0.3 is 6.61 Å². The van der Waals surface area contributed by atoms with E-state index in [0.29, 0.717) is 5.82 Å². The van der Waals surface area contributed by atoms with Crippen LogP contribution in [-0.4, -0.2) is 34.4 Å². The molecule has 4 rings (SSSR count). The maximum absolute atomic E-state index is 12.9. The third kappa shape index (κ3) is 4.56. The van der Waals surface area contributed by atoms with E-state index < -0.39 is 12.5 Å². The summed E-state index contributed by atoms with van der Waals surface area (Å²) in [6, 6.07) is 22.8. The zero-order valence-corrected chi connectivity index (χ0v) is 16.9. The van der Waals surface area contributed by atoms with Crippen molar-refractivity contribution in [3.63, 3.8) is 0 Å². The second-order valence-corrected chi connectivity index (χ2v) is 6.57. The largest absolute Gasteiger partial charge is 0.493 e. The number of carbonyl (C=O) groups is 1. The number of anilines is 1. The van der Waals surface area contributed by atoms with Crippen LogP contribution in [0.4, 0.5) is 14.5 Å². The molecule has 162 valence electrons. The maximum Gasteiger partial charge on any atom is 0.387 e. The minimum absolute atomic E-state index is 0.0835. The molecule has 0 aliphatic carbocycles. The van der Waals surface area contributed by atoms with Gasteiger partial charge in [0.25, 0.3) is 5.91 Å². The van der Waals surface area contributed by atoms with Crippen LogP contribution in [0.5, 0.6) is 11.5 Å². The average Bonchev–Trinajstić information content (AvgIpc) is 3.26. The fourth-order valence-electron chi connectivity index (χ4n) is 3.06. The summed E-state index contributed by atoms with van der Waals surface area (Å²) in [7, 11) is 1.33. The molecule has 1 amide bonds. The lowest BCUT2D eigenvalue weighted by atomic mass is 10.2. The molecule has 0 fully saturated rings. The topological polar surface area (TPSA) is 78.3 Å². The average molecular weight is 436 g/mol. The van der Waals surface area contributed by atoms with Crippen LogP contribution in [-0.2, 0) is 0 Å². The molecular weight excluding hydrogens is 418 g/mol. The highest BCUT2D eigenvalue weighted by molar-refractivity contribution is 6.02. The number of nitrogens with one attached hydrogen (secondary N) is 1. The molecule has 3 aromatic carbocycles. The number of rotatable bonds is 7. The summed E-state index contributed by atoms with van der Waals surface area (Å²) in [6.45, 7) is -3.04. The van der Waals surface area contributed by atoms with E-state index in [1.54, 1.807) is 4.68 Å². The minimum Gasteiger partial charge on any atom is -0.493 e. The number of benzene rings is 3. The van der Waals surface area contributed by atoms with Gasteiger partial charge in [0, 0.05) is 17.3 Å².